The molecule has 0 saturated carbocycles. The van der Waals surface area contributed by atoms with Gasteiger partial charge in [-0.1, -0.05) is 12.1 Å². The molecule has 1 fully saturated rings. The summed E-state index contributed by atoms with van der Waals surface area (Å²) in [6.07, 6.45) is 1.17. The fourth-order valence-electron chi connectivity index (χ4n) is 2.20. The lowest BCUT2D eigenvalue weighted by molar-refractivity contribution is 0.237. The molecule has 0 aromatic heterocycles. The minimum absolute atomic E-state index is 0.169. The first kappa shape index (κ1) is 13.5. The molecule has 0 bridgehead atoms. The van der Waals surface area contributed by atoms with E-state index in [0.717, 1.165) is 51.4 Å². The summed E-state index contributed by atoms with van der Waals surface area (Å²) in [5, 5.41) is 6.75. The van der Waals surface area contributed by atoms with E-state index in [1.54, 1.807) is 0 Å². The zero-order valence-corrected chi connectivity index (χ0v) is 10.8. The summed E-state index contributed by atoms with van der Waals surface area (Å²) in [5.41, 5.74) is 1.14. The van der Waals surface area contributed by atoms with Crippen molar-refractivity contribution in [1.82, 2.24) is 15.5 Å². The zero-order valence-electron chi connectivity index (χ0n) is 10.8. The molecular weight excluding hydrogens is 229 g/mol. The summed E-state index contributed by atoms with van der Waals surface area (Å²) in [4.78, 5) is 2.50. The molecule has 1 saturated heterocycles. The number of piperazine rings is 1. The monoisotopic (exact) mass is 251 g/mol. The van der Waals surface area contributed by atoms with Crippen LogP contribution in [0.25, 0.3) is 0 Å². The molecule has 0 amide bonds. The van der Waals surface area contributed by atoms with Crippen LogP contribution in [0.1, 0.15) is 12.0 Å². The molecule has 1 aliphatic heterocycles. The van der Waals surface area contributed by atoms with Crippen LogP contribution >= 0.6 is 0 Å². The zero-order chi connectivity index (χ0) is 12.6. The Labute approximate surface area is 108 Å². The molecular formula is C14H22FN3. The molecule has 18 heavy (non-hydrogen) atoms. The normalized spacial score (nSPS) is 16.9. The predicted octanol–water partition coefficient (Wildman–Crippen LogP) is 1.21. The van der Waals surface area contributed by atoms with Crippen LogP contribution < -0.4 is 10.6 Å². The van der Waals surface area contributed by atoms with E-state index in [1.165, 1.54) is 18.6 Å². The molecule has 0 spiro atoms. The third-order valence-corrected chi connectivity index (χ3v) is 3.28. The van der Waals surface area contributed by atoms with Crippen LogP contribution in [-0.4, -0.2) is 44.2 Å². The van der Waals surface area contributed by atoms with Gasteiger partial charge in [-0.05, 0) is 37.2 Å². The summed E-state index contributed by atoms with van der Waals surface area (Å²) in [6.45, 7) is 7.56. The lowest BCUT2D eigenvalue weighted by Crippen LogP contribution is -2.44. The highest BCUT2D eigenvalue weighted by atomic mass is 19.1. The van der Waals surface area contributed by atoms with Crippen LogP contribution in [0.15, 0.2) is 24.3 Å². The molecule has 1 heterocycles. The second-order valence-electron chi connectivity index (χ2n) is 4.75. The molecule has 4 heteroatoms. The molecule has 3 nitrogen and oxygen atoms in total. The van der Waals surface area contributed by atoms with Crippen molar-refractivity contribution < 1.29 is 4.39 Å². The maximum absolute atomic E-state index is 12.7. The minimum Gasteiger partial charge on any atom is -0.314 e. The van der Waals surface area contributed by atoms with Crippen LogP contribution in [0.4, 0.5) is 4.39 Å². The summed E-state index contributed by atoms with van der Waals surface area (Å²) >= 11 is 0. The Balaban J connectivity index is 1.54. The standard InChI is InChI=1S/C14H22FN3/c15-14-4-2-13(3-5-14)12-17-6-1-9-18-10-7-16-8-11-18/h2-5,16-17H,1,6-12H2. The van der Waals surface area contributed by atoms with Gasteiger partial charge in [-0.25, -0.2) is 4.39 Å². The van der Waals surface area contributed by atoms with Gasteiger partial charge in [0.2, 0.25) is 0 Å². The van der Waals surface area contributed by atoms with Crippen LogP contribution in [0, 0.1) is 5.82 Å². The Kier molecular flexibility index (Phi) is 5.58. The Morgan fingerprint density at radius 2 is 1.89 bits per heavy atom. The Morgan fingerprint density at radius 1 is 1.17 bits per heavy atom. The average molecular weight is 251 g/mol. The molecule has 1 aromatic rings. The van der Waals surface area contributed by atoms with E-state index >= 15 is 0 Å². The van der Waals surface area contributed by atoms with E-state index in [9.17, 15) is 4.39 Å². The van der Waals surface area contributed by atoms with Crippen LogP contribution in [0.5, 0.6) is 0 Å². The van der Waals surface area contributed by atoms with Crippen molar-refractivity contribution in [3.8, 4) is 0 Å². The highest BCUT2D eigenvalue weighted by Crippen LogP contribution is 2.02. The summed E-state index contributed by atoms with van der Waals surface area (Å²) in [6, 6.07) is 6.69. The van der Waals surface area contributed by atoms with Gasteiger partial charge in [0.1, 0.15) is 5.82 Å². The first-order valence-corrected chi connectivity index (χ1v) is 6.73. The maximum atomic E-state index is 12.7. The fraction of sp³-hybridized carbons (Fsp3) is 0.571. The Morgan fingerprint density at radius 3 is 2.61 bits per heavy atom. The van der Waals surface area contributed by atoms with E-state index in [0.29, 0.717) is 0 Å². The van der Waals surface area contributed by atoms with Crippen molar-refractivity contribution in [2.45, 2.75) is 13.0 Å². The molecule has 2 N–H and O–H groups in total. The molecule has 0 aliphatic carbocycles. The molecule has 1 aliphatic rings. The molecule has 2 rings (SSSR count). The van der Waals surface area contributed by atoms with Gasteiger partial charge in [0.25, 0.3) is 0 Å². The second kappa shape index (κ2) is 7.46. The Bertz CT molecular complexity index is 333. The lowest BCUT2D eigenvalue weighted by atomic mass is 10.2. The summed E-state index contributed by atoms with van der Waals surface area (Å²) in [5.74, 6) is -0.169. The predicted molar refractivity (Wildman–Crippen MR) is 72.0 cm³/mol. The number of halogens is 1. The van der Waals surface area contributed by atoms with Crippen LogP contribution in [0.3, 0.4) is 0 Å². The van der Waals surface area contributed by atoms with E-state index in [1.807, 2.05) is 12.1 Å². The number of rotatable bonds is 6. The van der Waals surface area contributed by atoms with Gasteiger partial charge in [0.05, 0.1) is 0 Å². The lowest BCUT2D eigenvalue weighted by Gasteiger charge is -2.27. The van der Waals surface area contributed by atoms with Crippen LogP contribution in [0.2, 0.25) is 0 Å². The van der Waals surface area contributed by atoms with E-state index in [4.69, 9.17) is 0 Å². The quantitative estimate of drug-likeness (QED) is 0.744. The van der Waals surface area contributed by atoms with Crippen molar-refractivity contribution >= 4 is 0 Å². The summed E-state index contributed by atoms with van der Waals surface area (Å²) < 4.78 is 12.7. The van der Waals surface area contributed by atoms with Gasteiger partial charge in [-0.15, -0.1) is 0 Å². The van der Waals surface area contributed by atoms with Crippen molar-refractivity contribution in [3.63, 3.8) is 0 Å². The van der Waals surface area contributed by atoms with E-state index in [-0.39, 0.29) is 5.82 Å². The van der Waals surface area contributed by atoms with E-state index in [2.05, 4.69) is 15.5 Å². The van der Waals surface area contributed by atoms with Crippen molar-refractivity contribution in [2.75, 3.05) is 39.3 Å². The van der Waals surface area contributed by atoms with Gasteiger partial charge < -0.3 is 15.5 Å². The first-order chi connectivity index (χ1) is 8.84. The van der Waals surface area contributed by atoms with Gasteiger partial charge >= 0.3 is 0 Å². The first-order valence-electron chi connectivity index (χ1n) is 6.73. The average Bonchev–Trinajstić information content (AvgIpc) is 2.42. The smallest absolute Gasteiger partial charge is 0.123 e. The number of hydrogen-bond donors (Lipinski definition) is 2. The SMILES string of the molecule is Fc1ccc(CNCCCN2CCNCC2)cc1. The number of hydrogen-bond acceptors (Lipinski definition) is 3. The molecule has 0 unspecified atom stereocenters. The highest BCUT2D eigenvalue weighted by molar-refractivity contribution is 5.15. The molecule has 100 valence electrons. The fourth-order valence-corrected chi connectivity index (χ4v) is 2.20. The highest BCUT2D eigenvalue weighted by Gasteiger charge is 2.07. The Hall–Kier alpha value is -0.970. The number of benzene rings is 1. The van der Waals surface area contributed by atoms with Crippen LogP contribution in [-0.2, 0) is 6.54 Å². The van der Waals surface area contributed by atoms with Gasteiger partial charge in [-0.2, -0.15) is 0 Å². The van der Waals surface area contributed by atoms with Gasteiger partial charge in [0.15, 0.2) is 0 Å². The van der Waals surface area contributed by atoms with Gasteiger partial charge in [0, 0.05) is 32.7 Å². The van der Waals surface area contributed by atoms with Crippen molar-refractivity contribution in [1.29, 1.82) is 0 Å². The molecule has 0 atom stereocenters. The van der Waals surface area contributed by atoms with Crippen molar-refractivity contribution in [3.05, 3.63) is 35.6 Å². The largest absolute Gasteiger partial charge is 0.314 e. The maximum Gasteiger partial charge on any atom is 0.123 e. The topological polar surface area (TPSA) is 27.3 Å². The molecule has 1 aromatic carbocycles. The third-order valence-electron chi connectivity index (χ3n) is 3.28. The third kappa shape index (κ3) is 4.72. The second-order valence-corrected chi connectivity index (χ2v) is 4.75. The molecule has 0 radical (unpaired) electrons. The van der Waals surface area contributed by atoms with Crippen molar-refractivity contribution in [2.24, 2.45) is 0 Å². The summed E-state index contributed by atoms with van der Waals surface area (Å²) in [7, 11) is 0. The van der Waals surface area contributed by atoms with Gasteiger partial charge in [-0.3, -0.25) is 0 Å². The minimum atomic E-state index is -0.169. The number of nitrogens with one attached hydrogen (secondary N) is 2. The number of nitrogens with zero attached hydrogens (tertiary/aromatic N) is 1. The van der Waals surface area contributed by atoms with E-state index < -0.39 is 0 Å².